The highest BCUT2D eigenvalue weighted by Gasteiger charge is 2.27. The zero-order valence-corrected chi connectivity index (χ0v) is 22.8. The molecule has 4 heterocycles. The van der Waals surface area contributed by atoms with Crippen LogP contribution >= 0.6 is 0 Å². The van der Waals surface area contributed by atoms with E-state index in [1.54, 1.807) is 24.8 Å². The highest BCUT2D eigenvalue weighted by molar-refractivity contribution is 7.89. The van der Waals surface area contributed by atoms with Gasteiger partial charge in [0.05, 0.1) is 35.3 Å². The molecule has 1 amide bonds. The summed E-state index contributed by atoms with van der Waals surface area (Å²) in [5.74, 6) is 0.0536. The summed E-state index contributed by atoms with van der Waals surface area (Å²) < 4.78 is 32.9. The maximum Gasteiger partial charge on any atom is 0.283 e. The number of nitrogens with zero attached hydrogens (tertiary/aromatic N) is 5. The first-order chi connectivity index (χ1) is 18.1. The van der Waals surface area contributed by atoms with Gasteiger partial charge in [-0.15, -0.1) is 0 Å². The quantitative estimate of drug-likeness (QED) is 0.343. The van der Waals surface area contributed by atoms with Crippen molar-refractivity contribution in [1.82, 2.24) is 24.5 Å². The second-order valence-corrected chi connectivity index (χ2v) is 11.9. The number of rotatable bonds is 7. The van der Waals surface area contributed by atoms with Crippen molar-refractivity contribution in [3.63, 3.8) is 0 Å². The summed E-state index contributed by atoms with van der Waals surface area (Å²) in [6.45, 7) is 4.17. The smallest absolute Gasteiger partial charge is 0.283 e. The molecular weight excluding hydrogens is 504 g/mol. The van der Waals surface area contributed by atoms with Gasteiger partial charge in [-0.2, -0.15) is 5.10 Å². The number of hydrogen-bond donors (Lipinski definition) is 1. The molecule has 1 aliphatic rings. The molecule has 1 aliphatic carbocycles. The molecule has 1 N–H and O–H groups in total. The lowest BCUT2D eigenvalue weighted by Gasteiger charge is -2.22. The molecule has 0 aromatic carbocycles. The SMILES string of the molecule is CC(C)c1nn(C2CCCCC2)c2nc(C(=O)NS(C)(=O)=O)cc(-c3ccc(N(C)c4ccoc4)nc3)c12. The van der Waals surface area contributed by atoms with Crippen LogP contribution in [0.15, 0.2) is 47.4 Å². The lowest BCUT2D eigenvalue weighted by atomic mass is 9.95. The van der Waals surface area contributed by atoms with Gasteiger partial charge in [-0.25, -0.2) is 27.8 Å². The number of carbonyl (C=O) groups excluding carboxylic acids is 1. The standard InChI is InChI=1S/C27H32N6O4S/c1-17(2)25-24-21(18-10-11-23(28-15-18)32(3)20-12-13-37-16-20)14-22(27(34)31-38(4,35)36)29-26(24)33(30-25)19-8-6-5-7-9-19/h10-17,19H,5-9H2,1-4H3,(H,31,34). The van der Waals surface area contributed by atoms with Crippen LogP contribution in [-0.2, 0) is 10.0 Å². The number of carbonyl (C=O) groups is 1. The highest BCUT2D eigenvalue weighted by Crippen LogP contribution is 2.38. The average Bonchev–Trinajstić information content (AvgIpc) is 3.56. The number of nitrogens with one attached hydrogen (secondary N) is 1. The Balaban J connectivity index is 1.68. The molecule has 0 spiro atoms. The normalized spacial score (nSPS) is 14.8. The van der Waals surface area contributed by atoms with Gasteiger partial charge in [-0.1, -0.05) is 33.1 Å². The van der Waals surface area contributed by atoms with E-state index in [9.17, 15) is 13.2 Å². The Morgan fingerprint density at radius 2 is 1.95 bits per heavy atom. The average molecular weight is 537 g/mol. The Kier molecular flexibility index (Phi) is 6.95. The molecule has 1 saturated carbocycles. The Morgan fingerprint density at radius 3 is 2.55 bits per heavy atom. The lowest BCUT2D eigenvalue weighted by Crippen LogP contribution is -2.30. The van der Waals surface area contributed by atoms with Crippen LogP contribution in [-0.4, -0.2) is 47.4 Å². The molecule has 4 aromatic heterocycles. The van der Waals surface area contributed by atoms with Crippen molar-refractivity contribution in [3.05, 3.63) is 54.4 Å². The number of aromatic nitrogens is 4. The maximum atomic E-state index is 13.0. The number of hydrogen-bond acceptors (Lipinski definition) is 8. The summed E-state index contributed by atoms with van der Waals surface area (Å²) in [5, 5.41) is 5.88. The van der Waals surface area contributed by atoms with Gasteiger partial charge in [0.2, 0.25) is 10.0 Å². The van der Waals surface area contributed by atoms with E-state index in [1.165, 1.54) is 6.42 Å². The monoisotopic (exact) mass is 536 g/mol. The zero-order valence-electron chi connectivity index (χ0n) is 22.0. The Morgan fingerprint density at radius 1 is 1.18 bits per heavy atom. The third kappa shape index (κ3) is 5.15. The Hall–Kier alpha value is -3.73. The molecule has 10 nitrogen and oxygen atoms in total. The first-order valence-electron chi connectivity index (χ1n) is 12.8. The molecule has 0 unspecified atom stereocenters. The topological polar surface area (TPSA) is 123 Å². The number of furan rings is 1. The fraction of sp³-hybridized carbons (Fsp3) is 0.407. The van der Waals surface area contributed by atoms with Crippen molar-refractivity contribution >= 4 is 38.5 Å². The zero-order chi connectivity index (χ0) is 27.0. The predicted octanol–water partition coefficient (Wildman–Crippen LogP) is 5.17. The van der Waals surface area contributed by atoms with Crippen molar-refractivity contribution in [2.75, 3.05) is 18.2 Å². The van der Waals surface area contributed by atoms with Gasteiger partial charge >= 0.3 is 0 Å². The van der Waals surface area contributed by atoms with Gasteiger partial charge in [0.25, 0.3) is 5.91 Å². The third-order valence-electron chi connectivity index (χ3n) is 6.96. The van der Waals surface area contributed by atoms with Crippen molar-refractivity contribution < 1.29 is 17.6 Å². The van der Waals surface area contributed by atoms with Gasteiger partial charge in [0, 0.05) is 24.9 Å². The third-order valence-corrected chi connectivity index (χ3v) is 7.52. The van der Waals surface area contributed by atoms with E-state index in [0.717, 1.165) is 65.7 Å². The molecule has 0 bridgehead atoms. The first-order valence-corrected chi connectivity index (χ1v) is 14.7. The van der Waals surface area contributed by atoms with Crippen molar-refractivity contribution in [2.24, 2.45) is 0 Å². The van der Waals surface area contributed by atoms with Crippen LogP contribution in [0.5, 0.6) is 0 Å². The minimum Gasteiger partial charge on any atom is -0.470 e. The summed E-state index contributed by atoms with van der Waals surface area (Å²) in [4.78, 5) is 24.2. The van der Waals surface area contributed by atoms with Crippen LogP contribution in [0.25, 0.3) is 22.2 Å². The van der Waals surface area contributed by atoms with Crippen molar-refractivity contribution in [3.8, 4) is 11.1 Å². The molecule has 38 heavy (non-hydrogen) atoms. The molecule has 0 radical (unpaired) electrons. The molecule has 1 fully saturated rings. The van der Waals surface area contributed by atoms with Crippen LogP contribution in [0.1, 0.15) is 74.1 Å². The Labute approximate surface area is 222 Å². The molecule has 0 aliphatic heterocycles. The van der Waals surface area contributed by atoms with Crippen molar-refractivity contribution in [2.45, 2.75) is 57.9 Å². The highest BCUT2D eigenvalue weighted by atomic mass is 32.2. The van der Waals surface area contributed by atoms with Crippen LogP contribution in [0.3, 0.4) is 0 Å². The minimum absolute atomic E-state index is 0.0183. The maximum absolute atomic E-state index is 13.0. The molecule has 200 valence electrons. The molecule has 11 heteroatoms. The number of amides is 1. The largest absolute Gasteiger partial charge is 0.470 e. The number of fused-ring (bicyclic) bond motifs is 1. The van der Waals surface area contributed by atoms with Gasteiger partial charge in [-0.3, -0.25) is 4.79 Å². The lowest BCUT2D eigenvalue weighted by molar-refractivity contribution is 0.0977. The number of sulfonamides is 1. The number of anilines is 2. The fourth-order valence-electron chi connectivity index (χ4n) is 5.04. The van der Waals surface area contributed by atoms with E-state index in [0.29, 0.717) is 5.65 Å². The van der Waals surface area contributed by atoms with Crippen LogP contribution in [0, 0.1) is 0 Å². The van der Waals surface area contributed by atoms with E-state index >= 15 is 0 Å². The van der Waals surface area contributed by atoms with Gasteiger partial charge in [-0.05, 0) is 42.5 Å². The number of pyridine rings is 2. The molecule has 0 saturated heterocycles. The summed E-state index contributed by atoms with van der Waals surface area (Å²) in [7, 11) is -1.87. The van der Waals surface area contributed by atoms with Crippen LogP contribution < -0.4 is 9.62 Å². The van der Waals surface area contributed by atoms with E-state index in [2.05, 4.69) is 28.5 Å². The van der Waals surface area contributed by atoms with Crippen LogP contribution in [0.2, 0.25) is 0 Å². The summed E-state index contributed by atoms with van der Waals surface area (Å²) in [6, 6.07) is 7.50. The van der Waals surface area contributed by atoms with Crippen LogP contribution in [0.4, 0.5) is 11.5 Å². The molecular formula is C27H32N6O4S. The second kappa shape index (κ2) is 10.2. The summed E-state index contributed by atoms with van der Waals surface area (Å²) in [6.07, 6.45) is 11.3. The van der Waals surface area contributed by atoms with Gasteiger partial charge < -0.3 is 9.32 Å². The van der Waals surface area contributed by atoms with Crippen molar-refractivity contribution in [1.29, 1.82) is 0 Å². The van der Waals surface area contributed by atoms with Gasteiger partial charge in [0.15, 0.2) is 5.65 Å². The summed E-state index contributed by atoms with van der Waals surface area (Å²) in [5.41, 5.74) is 3.89. The Bertz CT molecular complexity index is 1550. The molecule has 0 atom stereocenters. The first kappa shape index (κ1) is 25.9. The summed E-state index contributed by atoms with van der Waals surface area (Å²) >= 11 is 0. The van der Waals surface area contributed by atoms with E-state index < -0.39 is 15.9 Å². The molecule has 4 aromatic rings. The van der Waals surface area contributed by atoms with E-state index in [4.69, 9.17) is 9.52 Å². The van der Waals surface area contributed by atoms with Gasteiger partial charge in [0.1, 0.15) is 17.8 Å². The van der Waals surface area contributed by atoms with E-state index in [1.807, 2.05) is 34.8 Å². The molecule has 5 rings (SSSR count). The minimum atomic E-state index is -3.77. The van der Waals surface area contributed by atoms with E-state index in [-0.39, 0.29) is 17.7 Å². The fourth-order valence-corrected chi connectivity index (χ4v) is 5.48. The second-order valence-electron chi connectivity index (χ2n) is 10.2. The predicted molar refractivity (Wildman–Crippen MR) is 146 cm³/mol.